The predicted octanol–water partition coefficient (Wildman–Crippen LogP) is 2.39. The third-order valence-electron chi connectivity index (χ3n) is 4.13. The van der Waals surface area contributed by atoms with E-state index in [0.29, 0.717) is 19.7 Å². The van der Waals surface area contributed by atoms with Crippen molar-refractivity contribution in [1.82, 2.24) is 4.90 Å². The van der Waals surface area contributed by atoms with Gasteiger partial charge in [0.2, 0.25) is 5.91 Å². The van der Waals surface area contributed by atoms with Gasteiger partial charge in [0.15, 0.2) is 0 Å². The number of ether oxygens (including phenoxy) is 3. The maximum absolute atomic E-state index is 12.0. The lowest BCUT2D eigenvalue weighted by Gasteiger charge is -2.33. The number of carbonyl (C=O) groups excluding carboxylic acids is 1. The predicted molar refractivity (Wildman–Crippen MR) is 87.6 cm³/mol. The van der Waals surface area contributed by atoms with Crippen molar-refractivity contribution in [2.75, 3.05) is 40.5 Å². The van der Waals surface area contributed by atoms with Gasteiger partial charge in [-0.2, -0.15) is 0 Å². The van der Waals surface area contributed by atoms with Gasteiger partial charge in [0, 0.05) is 13.7 Å². The first-order chi connectivity index (χ1) is 11.2. The fraction of sp³-hybridized carbons (Fsp3) is 0.389. The van der Waals surface area contributed by atoms with E-state index in [2.05, 4.69) is 18.2 Å². The van der Waals surface area contributed by atoms with Crippen molar-refractivity contribution < 1.29 is 19.0 Å². The Balaban J connectivity index is 1.80. The average molecular weight is 315 g/mol. The minimum atomic E-state index is -0.101. The summed E-state index contributed by atoms with van der Waals surface area (Å²) in [4.78, 5) is 13.8. The molecule has 0 unspecified atom stereocenters. The summed E-state index contributed by atoms with van der Waals surface area (Å²) in [7, 11) is 3.20. The van der Waals surface area contributed by atoms with Gasteiger partial charge in [0.25, 0.3) is 0 Å². The van der Waals surface area contributed by atoms with Crippen molar-refractivity contribution >= 4 is 16.7 Å². The van der Waals surface area contributed by atoms with Gasteiger partial charge in [-0.05, 0) is 34.5 Å². The molecule has 122 valence electrons. The largest absolute Gasteiger partial charge is 0.497 e. The summed E-state index contributed by atoms with van der Waals surface area (Å²) in [5, 5.41) is 2.25. The molecular weight excluding hydrogens is 294 g/mol. The molecule has 1 saturated heterocycles. The van der Waals surface area contributed by atoms with Crippen LogP contribution >= 0.6 is 0 Å². The highest BCUT2D eigenvalue weighted by atomic mass is 16.5. The average Bonchev–Trinajstić information content (AvgIpc) is 2.61. The number of benzene rings is 2. The Hall–Kier alpha value is -2.11. The summed E-state index contributed by atoms with van der Waals surface area (Å²) in [5.41, 5.74) is 1.08. The van der Waals surface area contributed by atoms with Gasteiger partial charge >= 0.3 is 0 Å². The highest BCUT2D eigenvalue weighted by molar-refractivity contribution is 5.84. The fourth-order valence-corrected chi connectivity index (χ4v) is 2.86. The van der Waals surface area contributed by atoms with Crippen LogP contribution in [0.4, 0.5) is 0 Å². The SMILES string of the molecule is COCC(=O)N1CCO[C@H](c2ccc3cc(OC)ccc3c2)C1. The van der Waals surface area contributed by atoms with Gasteiger partial charge in [-0.15, -0.1) is 0 Å². The number of rotatable bonds is 4. The zero-order valence-corrected chi connectivity index (χ0v) is 13.5. The Labute approximate surface area is 135 Å². The summed E-state index contributed by atoms with van der Waals surface area (Å²) >= 11 is 0. The van der Waals surface area contributed by atoms with E-state index in [1.54, 1.807) is 12.0 Å². The fourth-order valence-electron chi connectivity index (χ4n) is 2.86. The zero-order chi connectivity index (χ0) is 16.2. The minimum Gasteiger partial charge on any atom is -0.497 e. The molecule has 1 atom stereocenters. The van der Waals surface area contributed by atoms with Gasteiger partial charge in [-0.1, -0.05) is 18.2 Å². The summed E-state index contributed by atoms with van der Waals surface area (Å²) in [6.07, 6.45) is -0.101. The number of morpholine rings is 1. The Morgan fingerprint density at radius 3 is 2.78 bits per heavy atom. The van der Waals surface area contributed by atoms with Crippen LogP contribution in [0.1, 0.15) is 11.7 Å². The van der Waals surface area contributed by atoms with Gasteiger partial charge in [-0.25, -0.2) is 0 Å². The summed E-state index contributed by atoms with van der Waals surface area (Å²) in [5.74, 6) is 0.849. The van der Waals surface area contributed by atoms with Crippen LogP contribution in [-0.4, -0.2) is 51.3 Å². The molecule has 1 aliphatic heterocycles. The molecule has 0 saturated carbocycles. The number of fused-ring (bicyclic) bond motifs is 1. The molecule has 1 aliphatic rings. The molecule has 0 aromatic heterocycles. The summed E-state index contributed by atoms with van der Waals surface area (Å²) < 4.78 is 16.0. The van der Waals surface area contributed by atoms with E-state index < -0.39 is 0 Å². The van der Waals surface area contributed by atoms with E-state index in [0.717, 1.165) is 22.1 Å². The highest BCUT2D eigenvalue weighted by Gasteiger charge is 2.25. The first-order valence-corrected chi connectivity index (χ1v) is 7.67. The Morgan fingerprint density at radius 2 is 2.00 bits per heavy atom. The lowest BCUT2D eigenvalue weighted by molar-refractivity contribution is -0.142. The van der Waals surface area contributed by atoms with E-state index in [-0.39, 0.29) is 18.6 Å². The molecule has 5 heteroatoms. The van der Waals surface area contributed by atoms with Crippen LogP contribution < -0.4 is 4.74 Å². The lowest BCUT2D eigenvalue weighted by atomic mass is 10.0. The molecule has 1 amide bonds. The smallest absolute Gasteiger partial charge is 0.248 e. The molecule has 0 spiro atoms. The molecule has 2 aromatic carbocycles. The first-order valence-electron chi connectivity index (χ1n) is 7.67. The third kappa shape index (κ3) is 3.46. The van der Waals surface area contributed by atoms with E-state index in [9.17, 15) is 4.79 Å². The van der Waals surface area contributed by atoms with Crippen molar-refractivity contribution in [1.29, 1.82) is 0 Å². The van der Waals surface area contributed by atoms with Crippen LogP contribution in [0.25, 0.3) is 10.8 Å². The first kappa shape index (κ1) is 15.8. The second kappa shape index (κ2) is 6.98. The monoisotopic (exact) mass is 315 g/mol. The maximum atomic E-state index is 12.0. The van der Waals surface area contributed by atoms with E-state index in [1.165, 1.54) is 7.11 Å². The number of methoxy groups -OCH3 is 2. The van der Waals surface area contributed by atoms with E-state index in [4.69, 9.17) is 14.2 Å². The van der Waals surface area contributed by atoms with E-state index in [1.807, 2.05) is 18.2 Å². The van der Waals surface area contributed by atoms with Crippen molar-refractivity contribution in [3.63, 3.8) is 0 Å². The van der Waals surface area contributed by atoms with Gasteiger partial charge in [-0.3, -0.25) is 4.79 Å². The molecule has 1 heterocycles. The van der Waals surface area contributed by atoms with Crippen molar-refractivity contribution in [3.8, 4) is 5.75 Å². The molecule has 1 fully saturated rings. The zero-order valence-electron chi connectivity index (χ0n) is 13.5. The van der Waals surface area contributed by atoms with Crippen LogP contribution in [0.15, 0.2) is 36.4 Å². The van der Waals surface area contributed by atoms with Crippen LogP contribution in [-0.2, 0) is 14.3 Å². The van der Waals surface area contributed by atoms with Crippen molar-refractivity contribution in [2.24, 2.45) is 0 Å². The molecule has 23 heavy (non-hydrogen) atoms. The molecule has 0 aliphatic carbocycles. The van der Waals surface area contributed by atoms with Crippen LogP contribution in [0.2, 0.25) is 0 Å². The lowest BCUT2D eigenvalue weighted by Crippen LogP contribution is -2.43. The summed E-state index contributed by atoms with van der Waals surface area (Å²) in [6, 6.07) is 12.2. The van der Waals surface area contributed by atoms with Crippen molar-refractivity contribution in [3.05, 3.63) is 42.0 Å². The molecule has 0 bridgehead atoms. The van der Waals surface area contributed by atoms with Crippen LogP contribution in [0.3, 0.4) is 0 Å². The van der Waals surface area contributed by atoms with Crippen LogP contribution in [0, 0.1) is 0 Å². The summed E-state index contributed by atoms with van der Waals surface area (Å²) in [6.45, 7) is 1.83. The number of amides is 1. The standard InChI is InChI=1S/C18H21NO4/c1-21-12-18(20)19-7-8-23-17(11-19)15-4-3-14-10-16(22-2)6-5-13(14)9-15/h3-6,9-10,17H,7-8,11-12H2,1-2H3/t17-/m0/s1. The van der Waals surface area contributed by atoms with Crippen molar-refractivity contribution in [2.45, 2.75) is 6.10 Å². The molecule has 0 radical (unpaired) electrons. The molecule has 2 aromatic rings. The van der Waals surface area contributed by atoms with Gasteiger partial charge in [0.05, 0.1) is 20.3 Å². The molecule has 0 N–H and O–H groups in total. The van der Waals surface area contributed by atoms with E-state index >= 15 is 0 Å². The quantitative estimate of drug-likeness (QED) is 0.869. The number of hydrogen-bond donors (Lipinski definition) is 0. The number of carbonyl (C=O) groups is 1. The molecular formula is C18H21NO4. The third-order valence-corrected chi connectivity index (χ3v) is 4.13. The van der Waals surface area contributed by atoms with Gasteiger partial charge < -0.3 is 19.1 Å². The topological polar surface area (TPSA) is 48.0 Å². The minimum absolute atomic E-state index is 0.00586. The number of hydrogen-bond acceptors (Lipinski definition) is 4. The Morgan fingerprint density at radius 1 is 1.22 bits per heavy atom. The Kier molecular flexibility index (Phi) is 4.79. The van der Waals surface area contributed by atoms with Gasteiger partial charge in [0.1, 0.15) is 18.5 Å². The van der Waals surface area contributed by atoms with Crippen LogP contribution in [0.5, 0.6) is 5.75 Å². The highest BCUT2D eigenvalue weighted by Crippen LogP contribution is 2.27. The normalized spacial score (nSPS) is 18.2. The molecule has 5 nitrogen and oxygen atoms in total. The maximum Gasteiger partial charge on any atom is 0.248 e. The Bertz CT molecular complexity index is 700. The second-order valence-electron chi connectivity index (χ2n) is 5.60. The second-order valence-corrected chi connectivity index (χ2v) is 5.60. The molecule has 3 rings (SSSR count). The number of nitrogens with zero attached hydrogens (tertiary/aromatic N) is 1.